The van der Waals surface area contributed by atoms with Crippen LogP contribution >= 0.6 is 0 Å². The molecule has 0 aliphatic carbocycles. The second-order valence-electron chi connectivity index (χ2n) is 7.97. The molecular formula is C29H22N+. The maximum Gasteiger partial charge on any atom is 0.216 e. The van der Waals surface area contributed by atoms with Crippen molar-refractivity contribution in [2.75, 3.05) is 0 Å². The van der Waals surface area contributed by atoms with Gasteiger partial charge in [-0.15, -0.1) is 0 Å². The molecule has 1 aliphatic rings. The monoisotopic (exact) mass is 384 g/mol. The quantitative estimate of drug-likeness (QED) is 0.305. The lowest BCUT2D eigenvalue weighted by atomic mass is 9.92. The fraction of sp³-hybridized carbons (Fsp3) is 0.0690. The van der Waals surface area contributed by atoms with E-state index in [1.807, 2.05) is 0 Å². The smallest absolute Gasteiger partial charge is 0.191 e. The van der Waals surface area contributed by atoms with Gasteiger partial charge in [0.15, 0.2) is 6.54 Å². The van der Waals surface area contributed by atoms with Crippen LogP contribution in [0, 0.1) is 0 Å². The third kappa shape index (κ3) is 2.74. The predicted octanol–water partition coefficient (Wildman–Crippen LogP) is 6.68. The highest BCUT2D eigenvalue weighted by Crippen LogP contribution is 2.36. The summed E-state index contributed by atoms with van der Waals surface area (Å²) >= 11 is 0. The van der Waals surface area contributed by atoms with E-state index in [0.717, 1.165) is 13.0 Å². The first-order valence-electron chi connectivity index (χ1n) is 10.6. The van der Waals surface area contributed by atoms with Crippen molar-refractivity contribution < 1.29 is 4.57 Å². The SMILES string of the molecule is c1ccc(-c2ccc(-c3ccccc3)c(-c3ccc4cccc5c4[n+]3CC5)c2)cc1. The second-order valence-corrected chi connectivity index (χ2v) is 7.97. The Kier molecular flexibility index (Phi) is 3.99. The molecule has 6 rings (SSSR count). The van der Waals surface area contributed by atoms with Crippen LogP contribution < -0.4 is 4.57 Å². The first-order chi connectivity index (χ1) is 14.9. The molecule has 1 aliphatic heterocycles. The van der Waals surface area contributed by atoms with Crippen molar-refractivity contribution in [2.24, 2.45) is 0 Å². The fourth-order valence-corrected chi connectivity index (χ4v) is 4.79. The molecule has 0 amide bonds. The average Bonchev–Trinajstić information content (AvgIpc) is 3.26. The average molecular weight is 385 g/mol. The lowest BCUT2D eigenvalue weighted by molar-refractivity contribution is -0.652. The molecule has 5 aromatic rings. The van der Waals surface area contributed by atoms with Gasteiger partial charge in [0.05, 0.1) is 5.56 Å². The van der Waals surface area contributed by atoms with Gasteiger partial charge >= 0.3 is 0 Å². The minimum atomic E-state index is 1.04. The number of hydrogen-bond donors (Lipinski definition) is 0. The first-order valence-corrected chi connectivity index (χ1v) is 10.6. The summed E-state index contributed by atoms with van der Waals surface area (Å²) in [6.45, 7) is 1.04. The number of aryl methyl sites for hydroxylation is 2. The van der Waals surface area contributed by atoms with Gasteiger partial charge in [0.1, 0.15) is 0 Å². The molecule has 0 N–H and O–H groups in total. The highest BCUT2D eigenvalue weighted by atomic mass is 15.0. The van der Waals surface area contributed by atoms with E-state index >= 15 is 0 Å². The van der Waals surface area contributed by atoms with Crippen molar-refractivity contribution in [1.29, 1.82) is 0 Å². The molecule has 0 saturated heterocycles. The van der Waals surface area contributed by atoms with Crippen LogP contribution in [-0.2, 0) is 13.0 Å². The van der Waals surface area contributed by atoms with Crippen LogP contribution in [0.5, 0.6) is 0 Å². The summed E-state index contributed by atoms with van der Waals surface area (Å²) in [7, 11) is 0. The molecule has 0 bridgehead atoms. The molecule has 0 fully saturated rings. The highest BCUT2D eigenvalue weighted by Gasteiger charge is 2.27. The molecule has 4 aromatic carbocycles. The van der Waals surface area contributed by atoms with Gasteiger partial charge in [0.2, 0.25) is 11.2 Å². The van der Waals surface area contributed by atoms with Gasteiger partial charge in [-0.25, -0.2) is 0 Å². The topological polar surface area (TPSA) is 3.88 Å². The number of para-hydroxylation sites is 1. The van der Waals surface area contributed by atoms with Crippen LogP contribution in [0.25, 0.3) is 44.4 Å². The Hall–Kier alpha value is -3.71. The zero-order valence-corrected chi connectivity index (χ0v) is 16.8. The highest BCUT2D eigenvalue weighted by molar-refractivity contribution is 5.87. The van der Waals surface area contributed by atoms with E-state index in [2.05, 4.69) is 114 Å². The number of nitrogens with zero attached hydrogens (tertiary/aromatic N) is 1. The standard InChI is InChI=1S/C29H22N/c1-3-8-21(9-4-1)25-14-16-26(22-10-5-2-6-11-22)27(20-25)28-17-15-23-12-7-13-24-18-19-30(28)29(23)24/h1-17,20H,18-19H2/q+1. The summed E-state index contributed by atoms with van der Waals surface area (Å²) in [5, 5.41) is 1.33. The maximum absolute atomic E-state index is 2.52. The predicted molar refractivity (Wildman–Crippen MR) is 124 cm³/mol. The molecule has 142 valence electrons. The Morgan fingerprint density at radius 1 is 0.533 bits per heavy atom. The zero-order chi connectivity index (χ0) is 19.9. The number of rotatable bonds is 3. The van der Waals surface area contributed by atoms with Crippen molar-refractivity contribution in [2.45, 2.75) is 13.0 Å². The lowest BCUT2D eigenvalue weighted by Gasteiger charge is -2.12. The van der Waals surface area contributed by atoms with Gasteiger partial charge < -0.3 is 0 Å². The lowest BCUT2D eigenvalue weighted by Crippen LogP contribution is -2.34. The van der Waals surface area contributed by atoms with Crippen molar-refractivity contribution >= 4 is 10.9 Å². The normalized spacial score (nSPS) is 12.4. The maximum atomic E-state index is 2.52. The summed E-state index contributed by atoms with van der Waals surface area (Å²) in [5.41, 5.74) is 10.5. The molecule has 0 saturated carbocycles. The first kappa shape index (κ1) is 17.2. The van der Waals surface area contributed by atoms with Gasteiger partial charge in [-0.1, -0.05) is 84.9 Å². The summed E-state index contributed by atoms with van der Waals surface area (Å²) in [6, 6.07) is 39.5. The van der Waals surface area contributed by atoms with E-state index in [1.165, 1.54) is 50.0 Å². The fourth-order valence-electron chi connectivity index (χ4n) is 4.79. The Balaban J connectivity index is 1.64. The molecular weight excluding hydrogens is 362 g/mol. The van der Waals surface area contributed by atoms with Gasteiger partial charge in [-0.3, -0.25) is 0 Å². The Morgan fingerprint density at radius 3 is 2.10 bits per heavy atom. The number of pyridine rings is 1. The summed E-state index contributed by atoms with van der Waals surface area (Å²) in [6.07, 6.45) is 1.10. The van der Waals surface area contributed by atoms with Crippen LogP contribution in [0.4, 0.5) is 0 Å². The number of aromatic nitrogens is 1. The zero-order valence-electron chi connectivity index (χ0n) is 16.8. The summed E-state index contributed by atoms with van der Waals surface area (Å²) < 4.78 is 2.52. The summed E-state index contributed by atoms with van der Waals surface area (Å²) in [4.78, 5) is 0. The molecule has 1 heteroatoms. The number of hydrogen-bond acceptors (Lipinski definition) is 0. The minimum absolute atomic E-state index is 1.04. The Bertz CT molecular complexity index is 1370. The van der Waals surface area contributed by atoms with Gasteiger partial charge in [0.25, 0.3) is 0 Å². The van der Waals surface area contributed by atoms with E-state index in [-0.39, 0.29) is 0 Å². The van der Waals surface area contributed by atoms with Crippen LogP contribution in [0.2, 0.25) is 0 Å². The molecule has 0 atom stereocenters. The second kappa shape index (κ2) is 6.96. The number of benzene rings is 4. The van der Waals surface area contributed by atoms with Crippen LogP contribution in [0.1, 0.15) is 5.56 Å². The third-order valence-corrected chi connectivity index (χ3v) is 6.22. The van der Waals surface area contributed by atoms with E-state index in [4.69, 9.17) is 0 Å². The van der Waals surface area contributed by atoms with E-state index < -0.39 is 0 Å². The van der Waals surface area contributed by atoms with Crippen LogP contribution in [0.15, 0.2) is 109 Å². The molecule has 30 heavy (non-hydrogen) atoms. The van der Waals surface area contributed by atoms with E-state index in [9.17, 15) is 0 Å². The van der Waals surface area contributed by atoms with Crippen LogP contribution in [0.3, 0.4) is 0 Å². The van der Waals surface area contributed by atoms with E-state index in [1.54, 1.807) is 0 Å². The summed E-state index contributed by atoms with van der Waals surface area (Å²) in [5.74, 6) is 0. The van der Waals surface area contributed by atoms with Crippen molar-refractivity contribution in [1.82, 2.24) is 0 Å². The molecule has 0 unspecified atom stereocenters. The van der Waals surface area contributed by atoms with Gasteiger partial charge in [0, 0.05) is 23.4 Å². The molecule has 1 aromatic heterocycles. The van der Waals surface area contributed by atoms with Gasteiger partial charge in [-0.05, 0) is 40.5 Å². The Morgan fingerprint density at radius 2 is 1.30 bits per heavy atom. The minimum Gasteiger partial charge on any atom is -0.191 e. The van der Waals surface area contributed by atoms with Gasteiger partial charge in [-0.2, -0.15) is 4.57 Å². The van der Waals surface area contributed by atoms with E-state index in [0.29, 0.717) is 0 Å². The van der Waals surface area contributed by atoms with Crippen LogP contribution in [-0.4, -0.2) is 0 Å². The van der Waals surface area contributed by atoms with Crippen molar-refractivity contribution in [3.8, 4) is 33.5 Å². The molecule has 2 heterocycles. The Labute approximate surface area is 176 Å². The molecule has 0 spiro atoms. The molecule has 1 nitrogen and oxygen atoms in total. The molecule has 0 radical (unpaired) electrons. The van der Waals surface area contributed by atoms with Crippen molar-refractivity contribution in [3.63, 3.8) is 0 Å². The largest absolute Gasteiger partial charge is 0.216 e. The van der Waals surface area contributed by atoms with Crippen molar-refractivity contribution in [3.05, 3.63) is 115 Å². The third-order valence-electron chi connectivity index (χ3n) is 6.22.